The molecule has 1 aromatic carbocycles. The Morgan fingerprint density at radius 2 is 1.88 bits per heavy atom. The van der Waals surface area contributed by atoms with E-state index in [0.717, 1.165) is 53.9 Å². The highest BCUT2D eigenvalue weighted by Crippen LogP contribution is 2.41. The first-order valence-electron chi connectivity index (χ1n) is 12.2. The fourth-order valence-corrected chi connectivity index (χ4v) is 5.57. The Morgan fingerprint density at radius 1 is 1.12 bits per heavy atom. The number of halogens is 1. The maximum Gasteiger partial charge on any atom is 0.159 e. The van der Waals surface area contributed by atoms with E-state index in [4.69, 9.17) is 0 Å². The van der Waals surface area contributed by atoms with Crippen LogP contribution >= 0.6 is 0 Å². The predicted molar refractivity (Wildman–Crippen MR) is 131 cm³/mol. The number of aryl methyl sites for hydroxylation is 1. The van der Waals surface area contributed by atoms with Crippen LogP contribution in [0.2, 0.25) is 0 Å². The summed E-state index contributed by atoms with van der Waals surface area (Å²) in [7, 11) is 1.91. The van der Waals surface area contributed by atoms with Gasteiger partial charge in [-0.1, -0.05) is 31.2 Å². The highest BCUT2D eigenvalue weighted by Gasteiger charge is 2.41. The minimum absolute atomic E-state index is 0.0261. The fourth-order valence-electron chi connectivity index (χ4n) is 5.57. The first-order valence-corrected chi connectivity index (χ1v) is 12.2. The number of piperidine rings is 1. The van der Waals surface area contributed by atoms with Gasteiger partial charge < -0.3 is 10.2 Å². The van der Waals surface area contributed by atoms with Crippen LogP contribution in [0, 0.1) is 22.7 Å². The van der Waals surface area contributed by atoms with Crippen LogP contribution in [0.4, 0.5) is 10.2 Å². The van der Waals surface area contributed by atoms with Crippen LogP contribution in [-0.2, 0) is 7.05 Å². The molecule has 2 aliphatic rings. The van der Waals surface area contributed by atoms with Crippen molar-refractivity contribution in [2.75, 3.05) is 24.5 Å². The molecule has 0 amide bonds. The predicted octanol–water partition coefficient (Wildman–Crippen LogP) is 4.26. The third-order valence-electron chi connectivity index (χ3n) is 7.74. The zero-order valence-corrected chi connectivity index (χ0v) is 19.9. The number of rotatable bonds is 5. The number of hydrogen-bond donors (Lipinski definition) is 1. The number of nitrogens with zero attached hydrogens (tertiary/aromatic N) is 6. The Kier molecular flexibility index (Phi) is 6.22. The molecule has 0 bridgehead atoms. The summed E-state index contributed by atoms with van der Waals surface area (Å²) in [5, 5.41) is 28.6. The standard InChI is InChI=1S/C26H32FN7/c1-26(15-18(16-28)7-8-23(26)27)17-29-19-10-13-34(14-11-19)25-21-6-4-3-5-20(21)24(31-32-25)22-9-12-30-33(22)2/h3-6,9,12,18-19,23,29H,7-8,10-11,13-15,17H2,1-2H3. The van der Waals surface area contributed by atoms with Gasteiger partial charge in [0.05, 0.1) is 11.8 Å². The maximum absolute atomic E-state index is 14.7. The number of aromatic nitrogens is 4. The van der Waals surface area contributed by atoms with Gasteiger partial charge in [-0.05, 0) is 38.2 Å². The van der Waals surface area contributed by atoms with E-state index < -0.39 is 11.6 Å². The second-order valence-electron chi connectivity index (χ2n) is 10.1. The average molecular weight is 462 g/mol. The quantitative estimate of drug-likeness (QED) is 0.611. The number of hydrogen-bond acceptors (Lipinski definition) is 6. The molecular weight excluding hydrogens is 429 g/mol. The average Bonchev–Trinajstić information content (AvgIpc) is 3.30. The fraction of sp³-hybridized carbons (Fsp3) is 0.538. The van der Waals surface area contributed by atoms with E-state index in [0.29, 0.717) is 31.8 Å². The van der Waals surface area contributed by atoms with Gasteiger partial charge in [-0.25, -0.2) is 4.39 Å². The molecular formula is C26H32FN7. The highest BCUT2D eigenvalue weighted by atomic mass is 19.1. The van der Waals surface area contributed by atoms with E-state index in [1.165, 1.54) is 0 Å². The molecule has 34 heavy (non-hydrogen) atoms. The van der Waals surface area contributed by atoms with Crippen LogP contribution in [0.25, 0.3) is 22.2 Å². The van der Waals surface area contributed by atoms with Crippen molar-refractivity contribution in [3.8, 4) is 17.5 Å². The van der Waals surface area contributed by atoms with E-state index in [1.54, 1.807) is 6.20 Å². The normalized spacial score (nSPS) is 26.0. The van der Waals surface area contributed by atoms with Gasteiger partial charge >= 0.3 is 0 Å². The summed E-state index contributed by atoms with van der Waals surface area (Å²) in [6, 6.07) is 12.9. The van der Waals surface area contributed by atoms with Crippen molar-refractivity contribution < 1.29 is 4.39 Å². The zero-order valence-electron chi connectivity index (χ0n) is 19.9. The number of nitrogens with one attached hydrogen (secondary N) is 1. The van der Waals surface area contributed by atoms with Crippen molar-refractivity contribution in [2.45, 2.75) is 51.2 Å². The molecule has 3 aromatic rings. The van der Waals surface area contributed by atoms with Crippen molar-refractivity contribution >= 4 is 16.6 Å². The third-order valence-corrected chi connectivity index (χ3v) is 7.74. The molecule has 3 heterocycles. The first-order chi connectivity index (χ1) is 16.5. The minimum Gasteiger partial charge on any atom is -0.354 e. The first kappa shape index (κ1) is 22.7. The third kappa shape index (κ3) is 4.25. The molecule has 7 nitrogen and oxygen atoms in total. The maximum atomic E-state index is 14.7. The summed E-state index contributed by atoms with van der Waals surface area (Å²) in [4.78, 5) is 2.31. The van der Waals surface area contributed by atoms with Crippen molar-refractivity contribution in [1.82, 2.24) is 25.3 Å². The van der Waals surface area contributed by atoms with Crippen LogP contribution in [0.15, 0.2) is 36.5 Å². The lowest BCUT2D eigenvalue weighted by Gasteiger charge is -2.41. The van der Waals surface area contributed by atoms with Crippen molar-refractivity contribution in [3.63, 3.8) is 0 Å². The number of alkyl halides is 1. The summed E-state index contributed by atoms with van der Waals surface area (Å²) in [6.45, 7) is 4.37. The SMILES string of the molecule is Cn1nccc1-c1nnc(N2CCC(NCC3(C)CC(C#N)CCC3F)CC2)c2ccccc12. The lowest BCUT2D eigenvalue weighted by Crippen LogP contribution is -2.49. The van der Waals surface area contributed by atoms with E-state index in [-0.39, 0.29) is 5.92 Å². The molecule has 2 aromatic heterocycles. The van der Waals surface area contributed by atoms with Gasteiger partial charge in [0, 0.05) is 61.0 Å². The molecule has 8 heteroatoms. The Labute approximate surface area is 200 Å². The van der Waals surface area contributed by atoms with Crippen LogP contribution < -0.4 is 10.2 Å². The van der Waals surface area contributed by atoms with Crippen LogP contribution in [0.5, 0.6) is 0 Å². The summed E-state index contributed by atoms with van der Waals surface area (Å²) in [6.07, 6.45) is 4.68. The van der Waals surface area contributed by atoms with Gasteiger partial charge in [0.25, 0.3) is 0 Å². The largest absolute Gasteiger partial charge is 0.354 e. The molecule has 1 aliphatic heterocycles. The summed E-state index contributed by atoms with van der Waals surface area (Å²) < 4.78 is 16.5. The summed E-state index contributed by atoms with van der Waals surface area (Å²) in [5.74, 6) is 0.890. The molecule has 3 unspecified atom stereocenters. The lowest BCUT2D eigenvalue weighted by molar-refractivity contribution is 0.0520. The van der Waals surface area contributed by atoms with Crippen molar-refractivity contribution in [2.24, 2.45) is 18.4 Å². The lowest BCUT2D eigenvalue weighted by atomic mass is 9.69. The molecule has 178 valence electrons. The summed E-state index contributed by atoms with van der Waals surface area (Å²) >= 11 is 0. The second-order valence-corrected chi connectivity index (χ2v) is 10.1. The molecule has 0 spiro atoms. The van der Waals surface area contributed by atoms with Crippen LogP contribution in [0.1, 0.15) is 39.0 Å². The Hall–Kier alpha value is -3.05. The number of anilines is 1. The smallest absolute Gasteiger partial charge is 0.159 e. The number of nitriles is 1. The summed E-state index contributed by atoms with van der Waals surface area (Å²) in [5.41, 5.74) is 1.33. The molecule has 1 saturated heterocycles. The molecule has 2 fully saturated rings. The Balaban J connectivity index is 1.27. The molecule has 1 aliphatic carbocycles. The number of benzene rings is 1. The van der Waals surface area contributed by atoms with E-state index in [2.05, 4.69) is 43.7 Å². The Bertz CT molecular complexity index is 1190. The van der Waals surface area contributed by atoms with Crippen molar-refractivity contribution in [1.29, 1.82) is 5.26 Å². The monoisotopic (exact) mass is 461 g/mol. The zero-order chi connectivity index (χ0) is 23.7. The number of fused-ring (bicyclic) bond motifs is 1. The van der Waals surface area contributed by atoms with Gasteiger partial charge in [-0.2, -0.15) is 10.4 Å². The molecule has 5 rings (SSSR count). The minimum atomic E-state index is -0.843. The molecule has 1 saturated carbocycles. The topological polar surface area (TPSA) is 82.7 Å². The highest BCUT2D eigenvalue weighted by molar-refractivity contribution is 5.99. The van der Waals surface area contributed by atoms with Gasteiger partial charge in [0.2, 0.25) is 0 Å². The van der Waals surface area contributed by atoms with Gasteiger partial charge in [-0.3, -0.25) is 4.68 Å². The Morgan fingerprint density at radius 3 is 2.59 bits per heavy atom. The van der Waals surface area contributed by atoms with E-state index >= 15 is 0 Å². The molecule has 3 atom stereocenters. The molecule has 1 N–H and O–H groups in total. The van der Waals surface area contributed by atoms with Gasteiger partial charge in [0.1, 0.15) is 11.9 Å². The van der Waals surface area contributed by atoms with Crippen LogP contribution in [0.3, 0.4) is 0 Å². The van der Waals surface area contributed by atoms with E-state index in [9.17, 15) is 9.65 Å². The van der Waals surface area contributed by atoms with E-state index in [1.807, 2.05) is 36.9 Å². The molecule has 0 radical (unpaired) electrons. The van der Waals surface area contributed by atoms with Gasteiger partial charge in [0.15, 0.2) is 5.82 Å². The van der Waals surface area contributed by atoms with Crippen LogP contribution in [-0.4, -0.2) is 51.8 Å². The van der Waals surface area contributed by atoms with Gasteiger partial charge in [-0.15, -0.1) is 10.2 Å². The second kappa shape index (κ2) is 9.30. The van der Waals surface area contributed by atoms with Crippen molar-refractivity contribution in [3.05, 3.63) is 36.5 Å².